The molecule has 49 heavy (non-hydrogen) atoms. The van der Waals surface area contributed by atoms with Gasteiger partial charge in [-0.05, 0) is 59.7 Å². The molecule has 2 atom stereocenters. The zero-order valence-corrected chi connectivity index (χ0v) is 29.2. The standard InChI is InChI=1S/C29H29ClF2O6.C8H10O.C2H6/c1-2-35-25-13-10-21(26(31)27(25)32)15-22-14-19(9-12-24(22)30)8-11-23(16-29(28(33)34)18-37-38-29)36-17-20-6-4-3-5-7-20;1-9-7-8-5-3-2-4-6-8;1-2/h3-7,9-10,12-14,23H,2,8,11,15-18H2,1H3,(H,33,34);2-6H,7H2,1H3;1-2H3/t23?,29-;;/m1../s1. The van der Waals surface area contributed by atoms with Crippen LogP contribution >= 0.6 is 11.6 Å². The third kappa shape index (κ3) is 11.9. The van der Waals surface area contributed by atoms with E-state index in [1.165, 1.54) is 17.7 Å². The fourth-order valence-corrected chi connectivity index (χ4v) is 5.23. The van der Waals surface area contributed by atoms with Crippen LogP contribution in [0.15, 0.2) is 91.0 Å². The Kier molecular flexibility index (Phi) is 16.6. The van der Waals surface area contributed by atoms with Gasteiger partial charge in [-0.1, -0.05) is 104 Å². The normalized spacial score (nSPS) is 15.5. The zero-order valence-electron chi connectivity index (χ0n) is 28.4. The van der Waals surface area contributed by atoms with Crippen LogP contribution in [-0.2, 0) is 50.1 Å². The molecule has 0 radical (unpaired) electrons. The minimum atomic E-state index is -1.44. The topological polar surface area (TPSA) is 83.5 Å². The molecule has 1 unspecified atom stereocenters. The quantitative estimate of drug-likeness (QED) is 0.124. The maximum atomic E-state index is 14.7. The molecule has 1 heterocycles. The summed E-state index contributed by atoms with van der Waals surface area (Å²) in [5.41, 5.74) is 2.46. The highest BCUT2D eigenvalue weighted by Crippen LogP contribution is 2.32. The predicted octanol–water partition coefficient (Wildman–Crippen LogP) is 9.16. The lowest BCUT2D eigenvalue weighted by molar-refractivity contribution is -0.462. The average molecular weight is 699 g/mol. The molecule has 4 aromatic rings. The van der Waals surface area contributed by atoms with Gasteiger partial charge in [-0.3, -0.25) is 0 Å². The van der Waals surface area contributed by atoms with Crippen LogP contribution in [0.5, 0.6) is 5.75 Å². The van der Waals surface area contributed by atoms with Crippen LogP contribution < -0.4 is 4.74 Å². The van der Waals surface area contributed by atoms with Crippen molar-refractivity contribution in [1.29, 1.82) is 0 Å². The lowest BCUT2D eigenvalue weighted by Gasteiger charge is -2.37. The zero-order chi connectivity index (χ0) is 35.6. The molecule has 0 amide bonds. The van der Waals surface area contributed by atoms with Gasteiger partial charge in [-0.15, -0.1) is 0 Å². The van der Waals surface area contributed by atoms with Gasteiger partial charge in [0, 0.05) is 25.0 Å². The largest absolute Gasteiger partial charge is 0.491 e. The minimum Gasteiger partial charge on any atom is -0.491 e. The summed E-state index contributed by atoms with van der Waals surface area (Å²) in [5, 5.41) is 10.1. The van der Waals surface area contributed by atoms with Crippen LogP contribution in [0.1, 0.15) is 61.4 Å². The molecule has 0 aliphatic carbocycles. The van der Waals surface area contributed by atoms with Crippen molar-refractivity contribution in [2.45, 2.75) is 71.4 Å². The molecule has 0 spiro atoms. The fraction of sp³-hybridized carbons (Fsp3) is 0.359. The highest BCUT2D eigenvalue weighted by atomic mass is 35.5. The maximum Gasteiger partial charge on any atom is 0.342 e. The maximum absolute atomic E-state index is 14.7. The number of carbonyl (C=O) groups is 1. The predicted molar refractivity (Wildman–Crippen MR) is 186 cm³/mol. The van der Waals surface area contributed by atoms with E-state index >= 15 is 0 Å². The summed E-state index contributed by atoms with van der Waals surface area (Å²) in [4.78, 5) is 21.5. The number of hydrogen-bond donors (Lipinski definition) is 1. The van der Waals surface area contributed by atoms with Gasteiger partial charge in [0.05, 0.1) is 25.9 Å². The van der Waals surface area contributed by atoms with Crippen LogP contribution in [0.3, 0.4) is 0 Å². The van der Waals surface area contributed by atoms with E-state index in [1.807, 2.05) is 86.6 Å². The van der Waals surface area contributed by atoms with Gasteiger partial charge in [0.2, 0.25) is 11.4 Å². The summed E-state index contributed by atoms with van der Waals surface area (Å²) in [5.74, 6) is -3.22. The van der Waals surface area contributed by atoms with Crippen LogP contribution in [0.2, 0.25) is 5.02 Å². The van der Waals surface area contributed by atoms with E-state index in [0.717, 1.165) is 11.1 Å². The van der Waals surface area contributed by atoms with E-state index in [-0.39, 0.29) is 37.4 Å². The van der Waals surface area contributed by atoms with Crippen molar-refractivity contribution < 1.29 is 42.7 Å². The Balaban J connectivity index is 0.000000507. The molecule has 1 aliphatic heterocycles. The highest BCUT2D eigenvalue weighted by molar-refractivity contribution is 6.31. The first-order chi connectivity index (χ1) is 23.7. The summed E-state index contributed by atoms with van der Waals surface area (Å²) in [6, 6.07) is 28.0. The summed E-state index contributed by atoms with van der Waals surface area (Å²) in [6.45, 7) is 6.90. The van der Waals surface area contributed by atoms with Crippen LogP contribution in [0.25, 0.3) is 0 Å². The SMILES string of the molecule is CC.CCOc1ccc(Cc2cc(CCC(C[C@]3(C(=O)O)COO3)OCc3ccccc3)ccc2Cl)c(F)c1F.COCc1ccccc1. The Bertz CT molecular complexity index is 1570. The van der Waals surface area contributed by atoms with E-state index in [9.17, 15) is 18.7 Å². The Hall–Kier alpha value is -3.86. The van der Waals surface area contributed by atoms with Crippen LogP contribution in [-0.4, -0.2) is 43.1 Å². The number of benzene rings is 4. The smallest absolute Gasteiger partial charge is 0.342 e. The molecule has 1 aliphatic rings. The highest BCUT2D eigenvalue weighted by Gasteiger charge is 2.51. The second-order valence-corrected chi connectivity index (χ2v) is 11.5. The van der Waals surface area contributed by atoms with Gasteiger partial charge in [0.25, 0.3) is 0 Å². The Labute approximate surface area is 292 Å². The molecule has 0 aromatic heterocycles. The number of ether oxygens (including phenoxy) is 3. The number of halogens is 3. The fourth-order valence-electron chi connectivity index (χ4n) is 5.05. The van der Waals surface area contributed by atoms with Crippen molar-refractivity contribution in [3.8, 4) is 5.75 Å². The van der Waals surface area contributed by atoms with E-state index in [4.69, 9.17) is 35.6 Å². The number of aliphatic carboxylic acids is 1. The van der Waals surface area contributed by atoms with Crippen molar-refractivity contribution in [3.63, 3.8) is 0 Å². The van der Waals surface area contributed by atoms with Gasteiger partial charge in [0.15, 0.2) is 11.6 Å². The van der Waals surface area contributed by atoms with Crippen LogP contribution in [0.4, 0.5) is 8.78 Å². The number of carboxylic acid groups (broad SMARTS) is 1. The van der Waals surface area contributed by atoms with Crippen molar-refractivity contribution in [1.82, 2.24) is 0 Å². The van der Waals surface area contributed by atoms with E-state index < -0.39 is 29.3 Å². The first kappa shape index (κ1) is 39.6. The monoisotopic (exact) mass is 698 g/mol. The Morgan fingerprint density at radius 1 is 0.898 bits per heavy atom. The lowest BCUT2D eigenvalue weighted by Crippen LogP contribution is -2.56. The number of methoxy groups -OCH3 is 1. The molecule has 1 fully saturated rings. The molecule has 0 bridgehead atoms. The lowest BCUT2D eigenvalue weighted by atomic mass is 9.92. The first-order valence-electron chi connectivity index (χ1n) is 16.3. The van der Waals surface area contributed by atoms with Crippen molar-refractivity contribution in [3.05, 3.63) is 135 Å². The molecule has 4 aromatic carbocycles. The van der Waals surface area contributed by atoms with Crippen molar-refractivity contribution in [2.24, 2.45) is 0 Å². The Morgan fingerprint density at radius 3 is 2.08 bits per heavy atom. The van der Waals surface area contributed by atoms with Gasteiger partial charge in [-0.25, -0.2) is 19.0 Å². The summed E-state index contributed by atoms with van der Waals surface area (Å²) >= 11 is 6.39. The molecule has 5 rings (SSSR count). The van der Waals surface area contributed by atoms with Crippen molar-refractivity contribution in [2.75, 3.05) is 20.3 Å². The average Bonchev–Trinajstić information content (AvgIpc) is 3.10. The van der Waals surface area contributed by atoms with E-state index in [0.29, 0.717) is 36.6 Å². The third-order valence-electron chi connectivity index (χ3n) is 7.61. The van der Waals surface area contributed by atoms with Gasteiger partial charge in [-0.2, -0.15) is 4.39 Å². The second kappa shape index (κ2) is 20.6. The van der Waals surface area contributed by atoms with Crippen molar-refractivity contribution >= 4 is 17.6 Å². The molecule has 7 nitrogen and oxygen atoms in total. The number of carboxylic acids is 1. The molecular weight excluding hydrogens is 654 g/mol. The molecule has 1 saturated heterocycles. The summed E-state index contributed by atoms with van der Waals surface area (Å²) in [7, 11) is 1.70. The Morgan fingerprint density at radius 2 is 1.53 bits per heavy atom. The summed E-state index contributed by atoms with van der Waals surface area (Å²) in [6.07, 6.45) is 0.820. The summed E-state index contributed by atoms with van der Waals surface area (Å²) < 4.78 is 45.2. The van der Waals surface area contributed by atoms with E-state index in [2.05, 4.69) is 0 Å². The molecule has 10 heteroatoms. The molecule has 1 N–H and O–H groups in total. The van der Waals surface area contributed by atoms with E-state index in [1.54, 1.807) is 20.1 Å². The number of rotatable bonds is 15. The second-order valence-electron chi connectivity index (χ2n) is 11.1. The number of hydrogen-bond acceptors (Lipinski definition) is 6. The molecule has 264 valence electrons. The van der Waals surface area contributed by atoms with Crippen LogP contribution in [0, 0.1) is 11.6 Å². The number of aryl methyl sites for hydroxylation is 1. The van der Waals surface area contributed by atoms with Gasteiger partial charge < -0.3 is 19.3 Å². The first-order valence-corrected chi connectivity index (χ1v) is 16.7. The minimum absolute atomic E-state index is 0.0527. The molecular formula is C39H45ClF2O7. The van der Waals surface area contributed by atoms with Gasteiger partial charge >= 0.3 is 5.97 Å². The molecule has 0 saturated carbocycles. The van der Waals surface area contributed by atoms with Gasteiger partial charge in [0.1, 0.15) is 6.61 Å². The third-order valence-corrected chi connectivity index (χ3v) is 7.98.